The molecular formula is C28H35F3N4O. The minimum absolute atomic E-state index is 0.00512. The molecule has 36 heavy (non-hydrogen) atoms. The zero-order valence-electron chi connectivity index (χ0n) is 20.9. The van der Waals surface area contributed by atoms with E-state index in [9.17, 15) is 13.9 Å². The van der Waals surface area contributed by atoms with Gasteiger partial charge in [-0.2, -0.15) is 0 Å². The van der Waals surface area contributed by atoms with Crippen LogP contribution in [0.4, 0.5) is 18.9 Å². The summed E-state index contributed by atoms with van der Waals surface area (Å²) in [6.07, 6.45) is 1.24. The Bertz CT molecular complexity index is 1190. The van der Waals surface area contributed by atoms with Gasteiger partial charge in [-0.1, -0.05) is 12.1 Å². The van der Waals surface area contributed by atoms with Gasteiger partial charge in [0.1, 0.15) is 11.5 Å². The van der Waals surface area contributed by atoms with E-state index in [4.69, 9.17) is 0 Å². The van der Waals surface area contributed by atoms with Gasteiger partial charge in [0.05, 0.1) is 25.4 Å². The molecule has 1 fully saturated rings. The number of rotatable bonds is 9. The summed E-state index contributed by atoms with van der Waals surface area (Å²) in [6, 6.07) is 13.1. The van der Waals surface area contributed by atoms with Crippen LogP contribution >= 0.6 is 0 Å². The number of likely N-dealkylation sites (tertiary alicyclic amines) is 1. The van der Waals surface area contributed by atoms with Crippen LogP contribution in [-0.4, -0.2) is 77.1 Å². The fraction of sp³-hybridized carbons (Fsp3) is 0.500. The smallest absolute Gasteiger partial charge is 0.143 e. The molecule has 194 valence electrons. The topological polar surface area (TPSA) is 54.5 Å². The minimum atomic E-state index is -1.75. The van der Waals surface area contributed by atoms with Gasteiger partial charge >= 0.3 is 0 Å². The van der Waals surface area contributed by atoms with Crippen LogP contribution in [0.5, 0.6) is 0 Å². The normalized spacial score (nSPS) is 22.8. The number of aliphatic hydroxyl groups excluding tert-OH is 1. The zero-order chi connectivity index (χ0) is 25.4. The van der Waals surface area contributed by atoms with Gasteiger partial charge in [0.25, 0.3) is 0 Å². The lowest BCUT2D eigenvalue weighted by Gasteiger charge is -2.43. The molecule has 0 aliphatic carbocycles. The van der Waals surface area contributed by atoms with Crippen molar-refractivity contribution in [3.05, 3.63) is 65.1 Å². The summed E-state index contributed by atoms with van der Waals surface area (Å²) < 4.78 is 41.5. The van der Waals surface area contributed by atoms with Gasteiger partial charge in [-0.15, -0.1) is 0 Å². The molecule has 0 saturated carbocycles. The van der Waals surface area contributed by atoms with Crippen LogP contribution < -0.4 is 5.32 Å². The number of fused-ring (bicyclic) bond motifs is 3. The van der Waals surface area contributed by atoms with Crippen LogP contribution in [0.25, 0.3) is 10.9 Å². The van der Waals surface area contributed by atoms with E-state index in [0.717, 1.165) is 53.0 Å². The molecule has 2 aromatic carbocycles. The molecule has 5 nitrogen and oxygen atoms in total. The van der Waals surface area contributed by atoms with Crippen LogP contribution in [0.3, 0.4) is 0 Å². The molecule has 3 unspecified atom stereocenters. The summed E-state index contributed by atoms with van der Waals surface area (Å²) in [5, 5.41) is 14.0. The highest BCUT2D eigenvalue weighted by Gasteiger charge is 2.39. The maximum atomic E-state index is 15.1. The monoisotopic (exact) mass is 500 g/mol. The highest BCUT2D eigenvalue weighted by atomic mass is 19.1. The highest BCUT2D eigenvalue weighted by Crippen LogP contribution is 2.42. The average Bonchev–Trinajstić information content (AvgIpc) is 3.18. The molecule has 3 heterocycles. The van der Waals surface area contributed by atoms with E-state index >= 15 is 4.39 Å². The Kier molecular flexibility index (Phi) is 7.03. The lowest BCUT2D eigenvalue weighted by atomic mass is 9.87. The molecule has 2 aliphatic heterocycles. The fourth-order valence-electron chi connectivity index (χ4n) is 5.69. The number of aliphatic hydroxyl groups is 1. The van der Waals surface area contributed by atoms with Crippen LogP contribution in [0, 0.1) is 5.82 Å². The number of nitrogens with zero attached hydrogens (tertiary/aromatic N) is 2. The number of aromatic amines is 1. The lowest BCUT2D eigenvalue weighted by Crippen LogP contribution is -2.54. The Morgan fingerprint density at radius 1 is 1.17 bits per heavy atom. The fourth-order valence-corrected chi connectivity index (χ4v) is 5.69. The van der Waals surface area contributed by atoms with Gasteiger partial charge in [-0.05, 0) is 68.1 Å². The molecule has 8 heteroatoms. The van der Waals surface area contributed by atoms with Crippen molar-refractivity contribution in [2.45, 2.75) is 50.5 Å². The second kappa shape index (κ2) is 10.1. The van der Waals surface area contributed by atoms with Gasteiger partial charge in [0.15, 0.2) is 0 Å². The molecule has 1 aromatic heterocycles. The van der Waals surface area contributed by atoms with Crippen molar-refractivity contribution in [3.63, 3.8) is 0 Å². The van der Waals surface area contributed by atoms with Gasteiger partial charge in [0, 0.05) is 54.5 Å². The molecule has 0 radical (unpaired) electrons. The van der Waals surface area contributed by atoms with Crippen LogP contribution in [0.1, 0.15) is 43.1 Å². The first kappa shape index (κ1) is 25.1. The largest absolute Gasteiger partial charge is 0.393 e. The molecule has 1 saturated heterocycles. The molecule has 0 amide bonds. The Morgan fingerprint density at radius 3 is 2.61 bits per heavy atom. The molecule has 0 spiro atoms. The maximum Gasteiger partial charge on any atom is 0.143 e. The first-order chi connectivity index (χ1) is 17.3. The Morgan fingerprint density at radius 2 is 1.92 bits per heavy atom. The lowest BCUT2D eigenvalue weighted by molar-refractivity contribution is 0.0175. The number of hydrogen-bond donors (Lipinski definition) is 3. The van der Waals surface area contributed by atoms with Gasteiger partial charge in [-0.25, -0.2) is 8.78 Å². The molecule has 3 N–H and O–H groups in total. The first-order valence-electron chi connectivity index (χ1n) is 12.8. The van der Waals surface area contributed by atoms with E-state index < -0.39 is 12.3 Å². The molecular weight excluding hydrogens is 465 g/mol. The third kappa shape index (κ3) is 4.99. The van der Waals surface area contributed by atoms with Crippen LogP contribution in [-0.2, 0) is 6.42 Å². The Balaban J connectivity index is 1.43. The number of aromatic nitrogens is 1. The maximum absolute atomic E-state index is 15.1. The minimum Gasteiger partial charge on any atom is -0.393 e. The quantitative estimate of drug-likeness (QED) is 0.394. The molecule has 3 atom stereocenters. The number of halogens is 3. The number of alkyl halides is 2. The molecule has 2 aliphatic rings. The molecule has 0 bridgehead atoms. The molecule has 5 rings (SSSR count). The Hall–Kier alpha value is -2.55. The van der Waals surface area contributed by atoms with Crippen molar-refractivity contribution in [3.8, 4) is 0 Å². The summed E-state index contributed by atoms with van der Waals surface area (Å²) >= 11 is 0. The predicted molar refractivity (Wildman–Crippen MR) is 137 cm³/mol. The van der Waals surface area contributed by atoms with E-state index in [0.29, 0.717) is 18.9 Å². The van der Waals surface area contributed by atoms with Gasteiger partial charge < -0.3 is 15.4 Å². The predicted octanol–water partition coefficient (Wildman–Crippen LogP) is 4.82. The number of benzene rings is 2. The van der Waals surface area contributed by atoms with E-state index in [1.807, 2.05) is 12.1 Å². The van der Waals surface area contributed by atoms with Crippen molar-refractivity contribution in [1.82, 2.24) is 14.8 Å². The van der Waals surface area contributed by atoms with Crippen molar-refractivity contribution in [1.29, 1.82) is 0 Å². The summed E-state index contributed by atoms with van der Waals surface area (Å²) in [6.45, 7) is 5.33. The van der Waals surface area contributed by atoms with E-state index in [1.165, 1.54) is 13.0 Å². The zero-order valence-corrected chi connectivity index (χ0v) is 20.9. The Labute approximate surface area is 210 Å². The number of H-pyrrole nitrogens is 1. The second-order valence-electron chi connectivity index (χ2n) is 10.7. The van der Waals surface area contributed by atoms with Gasteiger partial charge in [0.2, 0.25) is 0 Å². The van der Waals surface area contributed by atoms with Crippen molar-refractivity contribution < 1.29 is 18.3 Å². The van der Waals surface area contributed by atoms with Crippen molar-refractivity contribution in [2.24, 2.45) is 0 Å². The number of anilines is 1. The second-order valence-corrected chi connectivity index (χ2v) is 10.7. The SMILES string of the molecule is CC1Cc2c([nH]c3ccc(F)cc23)C(c2ccc(NC3CN(CCCF)C3)cc2)N1CC(C)(F)CO. The third-order valence-electron chi connectivity index (χ3n) is 7.58. The number of hydrogen-bond acceptors (Lipinski definition) is 4. The third-order valence-corrected chi connectivity index (χ3v) is 7.58. The number of nitrogens with one attached hydrogen (secondary N) is 2. The van der Waals surface area contributed by atoms with E-state index in [-0.39, 0.29) is 31.1 Å². The summed E-state index contributed by atoms with van der Waals surface area (Å²) in [7, 11) is 0. The summed E-state index contributed by atoms with van der Waals surface area (Å²) in [5.41, 5.74) is 3.15. The molecule has 3 aromatic rings. The average molecular weight is 501 g/mol. The van der Waals surface area contributed by atoms with Crippen LogP contribution in [0.15, 0.2) is 42.5 Å². The van der Waals surface area contributed by atoms with E-state index in [1.54, 1.807) is 12.1 Å². The van der Waals surface area contributed by atoms with Gasteiger partial charge in [-0.3, -0.25) is 14.2 Å². The van der Waals surface area contributed by atoms with Crippen molar-refractivity contribution in [2.75, 3.05) is 44.8 Å². The standard InChI is InChI=1S/C28H35F3N4O/c1-18-12-24-23-13-20(30)6-9-25(23)33-26(24)27(35(18)16-28(2,31)17-36)19-4-7-21(8-5-19)32-22-14-34(15-22)11-3-10-29/h4-9,13,18,22,27,32-33,36H,3,10-12,14-17H2,1-2H3. The van der Waals surface area contributed by atoms with Crippen LogP contribution in [0.2, 0.25) is 0 Å². The van der Waals surface area contributed by atoms with Crippen molar-refractivity contribution >= 4 is 16.6 Å². The summed E-state index contributed by atoms with van der Waals surface area (Å²) in [4.78, 5) is 7.83. The summed E-state index contributed by atoms with van der Waals surface area (Å²) in [5.74, 6) is -0.276. The highest BCUT2D eigenvalue weighted by molar-refractivity contribution is 5.85. The van der Waals surface area contributed by atoms with E-state index in [2.05, 4.69) is 39.2 Å². The first-order valence-corrected chi connectivity index (χ1v) is 12.8.